The molecule has 0 radical (unpaired) electrons. The number of nitrogens with one attached hydrogen (secondary N) is 1. The first-order valence-corrected chi connectivity index (χ1v) is 2.60. The number of hydrogen-bond acceptors (Lipinski definition) is 3. The quantitative estimate of drug-likeness (QED) is 0.490. The summed E-state index contributed by atoms with van der Waals surface area (Å²) in [5.74, 6) is -0.0185. The van der Waals surface area contributed by atoms with Gasteiger partial charge in [0.25, 0.3) is 0 Å². The lowest BCUT2D eigenvalue weighted by molar-refractivity contribution is 0.161. The predicted molar refractivity (Wildman–Crippen MR) is 29.1 cm³/mol. The van der Waals surface area contributed by atoms with Gasteiger partial charge in [-0.2, -0.15) is 0 Å². The molecular weight excluding hydrogens is 106 g/mol. The van der Waals surface area contributed by atoms with E-state index >= 15 is 0 Å². The van der Waals surface area contributed by atoms with E-state index in [2.05, 4.69) is 0 Å². The lowest BCUT2D eigenvalue weighted by Gasteiger charge is -1.98. The van der Waals surface area contributed by atoms with Crippen molar-refractivity contribution in [3.8, 4) is 0 Å². The molecule has 1 fully saturated rings. The van der Waals surface area contributed by atoms with E-state index < -0.39 is 0 Å². The van der Waals surface area contributed by atoms with Crippen molar-refractivity contribution in [1.29, 1.82) is 5.41 Å². The van der Waals surface area contributed by atoms with Gasteiger partial charge >= 0.3 is 0 Å². The summed E-state index contributed by atoms with van der Waals surface area (Å²) in [6.45, 7) is 0.986. The van der Waals surface area contributed by atoms with E-state index in [-0.39, 0.29) is 12.5 Å². The van der Waals surface area contributed by atoms with Gasteiger partial charge in [0, 0.05) is 11.6 Å². The molecule has 3 heteroatoms. The van der Waals surface area contributed by atoms with Crippen LogP contribution in [0.15, 0.2) is 0 Å². The largest absolute Gasteiger partial charge is 0.396 e. The van der Waals surface area contributed by atoms with E-state index in [0.29, 0.717) is 18.9 Å². The summed E-state index contributed by atoms with van der Waals surface area (Å²) in [7, 11) is 0. The maximum atomic E-state index is 8.52. The van der Waals surface area contributed by atoms with Gasteiger partial charge in [-0.3, -0.25) is 0 Å². The zero-order valence-corrected chi connectivity index (χ0v) is 4.55. The molecule has 8 heavy (non-hydrogen) atoms. The fourth-order valence-corrected chi connectivity index (χ4v) is 0.692. The molecule has 1 atom stereocenters. The minimum absolute atomic E-state index is 0.0185. The number of rotatable bonds is 1. The molecule has 3 nitrogen and oxygen atoms in total. The molecule has 0 amide bonds. The summed E-state index contributed by atoms with van der Waals surface area (Å²) in [6, 6.07) is 0. The zero-order chi connectivity index (χ0) is 5.98. The molecule has 1 unspecified atom stereocenters. The molecule has 1 saturated heterocycles. The first-order chi connectivity index (χ1) is 3.84. The Labute approximate surface area is 47.8 Å². The van der Waals surface area contributed by atoms with Crippen molar-refractivity contribution in [2.24, 2.45) is 5.92 Å². The Morgan fingerprint density at radius 2 is 2.62 bits per heavy atom. The number of aliphatic hydroxyl groups excluding tert-OH is 1. The molecule has 0 aromatic rings. The third-order valence-electron chi connectivity index (χ3n) is 1.29. The highest BCUT2D eigenvalue weighted by Gasteiger charge is 2.19. The second kappa shape index (κ2) is 2.24. The predicted octanol–water partition coefficient (Wildman–Crippen LogP) is -0.355. The topological polar surface area (TPSA) is 53.3 Å². The standard InChI is InChI=1S/C5H9NO2/c6-5-3-8-2-4(5)1-7/h4,6-7H,1-3H2. The highest BCUT2D eigenvalue weighted by atomic mass is 16.5. The molecule has 0 aromatic carbocycles. The van der Waals surface area contributed by atoms with Crippen LogP contribution in [0.4, 0.5) is 0 Å². The molecule has 0 aromatic heterocycles. The van der Waals surface area contributed by atoms with Crippen molar-refractivity contribution in [1.82, 2.24) is 0 Å². The smallest absolute Gasteiger partial charge is 0.0846 e. The SMILES string of the molecule is N=C1COCC1CO. The van der Waals surface area contributed by atoms with Gasteiger partial charge in [-0.1, -0.05) is 0 Å². The van der Waals surface area contributed by atoms with Crippen LogP contribution in [0.3, 0.4) is 0 Å². The van der Waals surface area contributed by atoms with Gasteiger partial charge in [0.15, 0.2) is 0 Å². The Balaban J connectivity index is 2.42. The second-order valence-corrected chi connectivity index (χ2v) is 1.92. The summed E-state index contributed by atoms with van der Waals surface area (Å²) in [4.78, 5) is 0. The van der Waals surface area contributed by atoms with Crippen LogP contribution in [0.1, 0.15) is 0 Å². The van der Waals surface area contributed by atoms with Gasteiger partial charge in [0.1, 0.15) is 0 Å². The van der Waals surface area contributed by atoms with Crippen LogP contribution in [-0.4, -0.2) is 30.6 Å². The molecule has 1 aliphatic rings. The molecule has 46 valence electrons. The summed E-state index contributed by atoms with van der Waals surface area (Å²) in [5, 5.41) is 15.6. The third-order valence-corrected chi connectivity index (χ3v) is 1.29. The fourth-order valence-electron chi connectivity index (χ4n) is 0.692. The molecule has 0 aliphatic carbocycles. The van der Waals surface area contributed by atoms with E-state index in [1.165, 1.54) is 0 Å². The Morgan fingerprint density at radius 1 is 1.88 bits per heavy atom. The monoisotopic (exact) mass is 115 g/mol. The van der Waals surface area contributed by atoms with Gasteiger partial charge in [-0.05, 0) is 0 Å². The van der Waals surface area contributed by atoms with E-state index in [9.17, 15) is 0 Å². The third kappa shape index (κ3) is 0.877. The van der Waals surface area contributed by atoms with Gasteiger partial charge in [-0.25, -0.2) is 0 Å². The minimum atomic E-state index is -0.0185. The van der Waals surface area contributed by atoms with Crippen molar-refractivity contribution in [3.05, 3.63) is 0 Å². The van der Waals surface area contributed by atoms with Crippen molar-refractivity contribution >= 4 is 5.71 Å². The highest BCUT2D eigenvalue weighted by molar-refractivity contribution is 5.86. The van der Waals surface area contributed by atoms with Crippen LogP contribution in [0.5, 0.6) is 0 Å². The molecule has 2 N–H and O–H groups in total. The molecule has 0 spiro atoms. The Morgan fingerprint density at radius 3 is 2.88 bits per heavy atom. The number of aliphatic hydroxyl groups is 1. The van der Waals surface area contributed by atoms with E-state index in [0.717, 1.165) is 0 Å². The number of hydrogen-bond donors (Lipinski definition) is 2. The highest BCUT2D eigenvalue weighted by Crippen LogP contribution is 2.06. The van der Waals surface area contributed by atoms with Crippen LogP contribution in [0.2, 0.25) is 0 Å². The molecule has 1 aliphatic heterocycles. The average Bonchev–Trinajstić information content (AvgIpc) is 2.14. The molecular formula is C5H9NO2. The second-order valence-electron chi connectivity index (χ2n) is 1.92. The van der Waals surface area contributed by atoms with E-state index in [1.807, 2.05) is 0 Å². The van der Waals surface area contributed by atoms with Gasteiger partial charge in [-0.15, -0.1) is 0 Å². The van der Waals surface area contributed by atoms with E-state index in [4.69, 9.17) is 15.3 Å². The van der Waals surface area contributed by atoms with Crippen LogP contribution < -0.4 is 0 Å². The Bertz CT molecular complexity index is 103. The van der Waals surface area contributed by atoms with Gasteiger partial charge in [0.2, 0.25) is 0 Å². The molecule has 1 heterocycles. The molecule has 0 saturated carbocycles. The summed E-state index contributed by atoms with van der Waals surface area (Å²) >= 11 is 0. The lowest BCUT2D eigenvalue weighted by atomic mass is 10.1. The van der Waals surface area contributed by atoms with Crippen molar-refractivity contribution < 1.29 is 9.84 Å². The van der Waals surface area contributed by atoms with Gasteiger partial charge in [0.05, 0.1) is 19.8 Å². The van der Waals surface area contributed by atoms with Crippen molar-refractivity contribution in [2.75, 3.05) is 19.8 Å². The van der Waals surface area contributed by atoms with Crippen LogP contribution in [-0.2, 0) is 4.74 Å². The maximum Gasteiger partial charge on any atom is 0.0846 e. The normalized spacial score (nSPS) is 29.1. The number of ether oxygens (including phenoxy) is 1. The zero-order valence-electron chi connectivity index (χ0n) is 4.55. The average molecular weight is 115 g/mol. The van der Waals surface area contributed by atoms with E-state index in [1.54, 1.807) is 0 Å². The summed E-state index contributed by atoms with van der Waals surface area (Å²) in [5.41, 5.74) is 0.521. The van der Waals surface area contributed by atoms with Crippen LogP contribution >= 0.6 is 0 Å². The molecule has 1 rings (SSSR count). The summed E-state index contributed by atoms with van der Waals surface area (Å²) < 4.78 is 4.88. The molecule has 0 bridgehead atoms. The Kier molecular flexibility index (Phi) is 1.60. The minimum Gasteiger partial charge on any atom is -0.396 e. The first-order valence-electron chi connectivity index (χ1n) is 2.60. The van der Waals surface area contributed by atoms with Crippen molar-refractivity contribution in [3.63, 3.8) is 0 Å². The first kappa shape index (κ1) is 5.72. The fraction of sp³-hybridized carbons (Fsp3) is 0.800. The lowest BCUT2D eigenvalue weighted by Crippen LogP contribution is -2.14. The van der Waals surface area contributed by atoms with Crippen molar-refractivity contribution in [2.45, 2.75) is 0 Å². The summed E-state index contributed by atoms with van der Waals surface area (Å²) in [6.07, 6.45) is 0. The van der Waals surface area contributed by atoms with Gasteiger partial charge < -0.3 is 15.3 Å². The van der Waals surface area contributed by atoms with Crippen LogP contribution in [0, 0.1) is 11.3 Å². The van der Waals surface area contributed by atoms with Crippen LogP contribution in [0.25, 0.3) is 0 Å². The maximum absolute atomic E-state index is 8.52. The Hall–Kier alpha value is -0.410.